The summed E-state index contributed by atoms with van der Waals surface area (Å²) in [6.07, 6.45) is 7.62. The number of allylic oxidation sites excluding steroid dienone is 4. The maximum absolute atomic E-state index is 12.4. The number of nitrogens with two attached hydrogens (primary N) is 1. The Morgan fingerprint density at radius 1 is 1.20 bits per heavy atom. The van der Waals surface area contributed by atoms with Crippen LogP contribution in [0.2, 0.25) is 0 Å². The third kappa shape index (κ3) is 2.11. The summed E-state index contributed by atoms with van der Waals surface area (Å²) in [4.78, 5) is 0. The molecule has 1 aromatic rings. The quantitative estimate of drug-likeness (QED) is 0.777. The summed E-state index contributed by atoms with van der Waals surface area (Å²) in [5, 5.41) is 1.61. The van der Waals surface area contributed by atoms with Crippen LogP contribution in [0.3, 0.4) is 0 Å². The first kappa shape index (κ1) is 10.4. The molecule has 2 N–H and O–H groups in total. The van der Waals surface area contributed by atoms with Crippen LogP contribution in [0.1, 0.15) is 12.8 Å². The molecular weight excluding hydrogens is 205 g/mol. The average Bonchev–Trinajstić information content (AvgIpc) is 2.31. The van der Waals surface area contributed by atoms with Crippen molar-refractivity contribution in [2.45, 2.75) is 12.8 Å². The monoisotopic (exact) mass is 219 g/mol. The number of hydrogen-bond donors (Lipinski definition) is 1. The zero-order valence-corrected chi connectivity index (χ0v) is 9.36. The highest BCUT2D eigenvalue weighted by molar-refractivity contribution is 7.73. The smallest absolute Gasteiger partial charge is 0.198 e. The van der Waals surface area contributed by atoms with Gasteiger partial charge in [0.1, 0.15) is 0 Å². The topological polar surface area (TPSA) is 43.1 Å². The van der Waals surface area contributed by atoms with Gasteiger partial charge in [-0.05, 0) is 25.0 Å². The molecule has 1 aromatic carbocycles. The van der Waals surface area contributed by atoms with Crippen molar-refractivity contribution in [1.29, 1.82) is 0 Å². The lowest BCUT2D eigenvalue weighted by atomic mass is 10.2. The van der Waals surface area contributed by atoms with Crippen molar-refractivity contribution in [3.63, 3.8) is 0 Å². The van der Waals surface area contributed by atoms with E-state index in [4.69, 9.17) is 5.50 Å². The first-order valence-electron chi connectivity index (χ1n) is 5.02. The lowest BCUT2D eigenvalue weighted by molar-refractivity contribution is 0.584. The fourth-order valence-corrected chi connectivity index (χ4v) is 3.40. The molecule has 2 nitrogen and oxygen atoms in total. The lowest BCUT2D eigenvalue weighted by Gasteiger charge is -2.18. The van der Waals surface area contributed by atoms with Crippen LogP contribution in [0, 0.1) is 0 Å². The molecule has 0 bridgehead atoms. The highest BCUT2D eigenvalue weighted by Crippen LogP contribution is 2.47. The van der Waals surface area contributed by atoms with Crippen molar-refractivity contribution in [2.24, 2.45) is 5.50 Å². The Balaban J connectivity index is 2.39. The second-order valence-electron chi connectivity index (χ2n) is 3.62. The molecule has 0 aromatic heterocycles. The summed E-state index contributed by atoms with van der Waals surface area (Å²) in [6.45, 7) is 0. The van der Waals surface area contributed by atoms with E-state index in [1.807, 2.05) is 42.5 Å². The van der Waals surface area contributed by atoms with Gasteiger partial charge in [0, 0.05) is 10.6 Å². The van der Waals surface area contributed by atoms with Gasteiger partial charge in [-0.2, -0.15) is 0 Å². The fraction of sp³-hybridized carbons (Fsp3) is 0.167. The van der Waals surface area contributed by atoms with Gasteiger partial charge in [0.05, 0.1) is 0 Å². The first-order valence-corrected chi connectivity index (χ1v) is 6.79. The van der Waals surface area contributed by atoms with Crippen LogP contribution in [-0.4, -0.2) is 0 Å². The van der Waals surface area contributed by atoms with Crippen molar-refractivity contribution in [3.8, 4) is 0 Å². The van der Waals surface area contributed by atoms with Gasteiger partial charge in [-0.25, -0.2) is 0 Å². The molecule has 2 rings (SSSR count). The van der Waals surface area contributed by atoms with Crippen molar-refractivity contribution >= 4 is 12.6 Å². The largest absolute Gasteiger partial charge is 0.297 e. The SMILES string of the molecule is NP(=O)(C1=CC=CCC1)c1ccccc1. The van der Waals surface area contributed by atoms with Crippen LogP contribution in [0.4, 0.5) is 0 Å². The third-order valence-corrected chi connectivity index (χ3v) is 4.85. The Labute approximate surface area is 89.9 Å². The Morgan fingerprint density at radius 2 is 1.93 bits per heavy atom. The zero-order chi connectivity index (χ0) is 10.7. The molecule has 1 atom stereocenters. The summed E-state index contributed by atoms with van der Waals surface area (Å²) >= 11 is 0. The van der Waals surface area contributed by atoms with E-state index >= 15 is 0 Å². The molecular formula is C12H14NOP. The zero-order valence-electron chi connectivity index (χ0n) is 8.47. The molecule has 1 aliphatic rings. The standard InChI is InChI=1S/C12H14NOP/c13-15(14,11-7-3-1-4-8-11)12-9-5-2-6-10-12/h1-5,7-9H,6,10H2,(H2,13,14). The molecule has 15 heavy (non-hydrogen) atoms. The van der Waals surface area contributed by atoms with Crippen LogP contribution in [0.25, 0.3) is 0 Å². The van der Waals surface area contributed by atoms with Gasteiger partial charge in [-0.3, -0.25) is 10.1 Å². The van der Waals surface area contributed by atoms with Gasteiger partial charge in [-0.15, -0.1) is 0 Å². The van der Waals surface area contributed by atoms with Gasteiger partial charge in [-0.1, -0.05) is 36.4 Å². The average molecular weight is 219 g/mol. The molecule has 0 spiro atoms. The second-order valence-corrected chi connectivity index (χ2v) is 6.03. The molecule has 0 radical (unpaired) electrons. The van der Waals surface area contributed by atoms with E-state index in [0.29, 0.717) is 0 Å². The Hall–Kier alpha value is -1.11. The molecule has 0 amide bonds. The summed E-state index contributed by atoms with van der Waals surface area (Å²) in [6, 6.07) is 9.31. The van der Waals surface area contributed by atoms with Crippen LogP contribution < -0.4 is 10.8 Å². The fourth-order valence-electron chi connectivity index (χ4n) is 1.68. The van der Waals surface area contributed by atoms with Gasteiger partial charge < -0.3 is 0 Å². The molecule has 0 saturated carbocycles. The molecule has 0 saturated heterocycles. The van der Waals surface area contributed by atoms with E-state index in [1.165, 1.54) is 0 Å². The van der Waals surface area contributed by atoms with E-state index < -0.39 is 7.29 Å². The Bertz CT molecular complexity index is 448. The molecule has 1 aliphatic carbocycles. The number of rotatable bonds is 2. The number of hydrogen-bond acceptors (Lipinski definition) is 1. The van der Waals surface area contributed by atoms with E-state index in [-0.39, 0.29) is 0 Å². The van der Waals surface area contributed by atoms with Crippen LogP contribution >= 0.6 is 7.29 Å². The molecule has 3 heteroatoms. The highest BCUT2D eigenvalue weighted by atomic mass is 31.2. The van der Waals surface area contributed by atoms with E-state index in [1.54, 1.807) is 0 Å². The van der Waals surface area contributed by atoms with Crippen LogP contribution in [-0.2, 0) is 4.57 Å². The Kier molecular flexibility index (Phi) is 2.90. The minimum Gasteiger partial charge on any atom is -0.297 e. The third-order valence-electron chi connectivity index (χ3n) is 2.56. The van der Waals surface area contributed by atoms with Gasteiger partial charge >= 0.3 is 0 Å². The maximum Gasteiger partial charge on any atom is 0.198 e. The van der Waals surface area contributed by atoms with Gasteiger partial charge in [0.15, 0.2) is 7.29 Å². The summed E-state index contributed by atoms with van der Waals surface area (Å²) in [5.41, 5.74) is 5.97. The normalized spacial score (nSPS) is 19.4. The van der Waals surface area contributed by atoms with E-state index in [2.05, 4.69) is 6.08 Å². The Morgan fingerprint density at radius 3 is 2.53 bits per heavy atom. The summed E-state index contributed by atoms with van der Waals surface area (Å²) in [5.74, 6) is 0. The summed E-state index contributed by atoms with van der Waals surface area (Å²) < 4.78 is 12.4. The van der Waals surface area contributed by atoms with Crippen LogP contribution in [0.5, 0.6) is 0 Å². The van der Waals surface area contributed by atoms with Crippen molar-refractivity contribution < 1.29 is 4.57 Å². The van der Waals surface area contributed by atoms with E-state index in [0.717, 1.165) is 23.5 Å². The minimum atomic E-state index is -2.81. The predicted molar refractivity (Wildman–Crippen MR) is 64.3 cm³/mol. The predicted octanol–water partition coefficient (Wildman–Crippen LogP) is 2.78. The second kappa shape index (κ2) is 4.18. The maximum atomic E-state index is 12.4. The summed E-state index contributed by atoms with van der Waals surface area (Å²) in [7, 11) is -2.81. The van der Waals surface area contributed by atoms with E-state index in [9.17, 15) is 4.57 Å². The van der Waals surface area contributed by atoms with Crippen molar-refractivity contribution in [1.82, 2.24) is 0 Å². The van der Waals surface area contributed by atoms with Gasteiger partial charge in [0.2, 0.25) is 0 Å². The van der Waals surface area contributed by atoms with Crippen molar-refractivity contribution in [3.05, 3.63) is 53.9 Å². The molecule has 0 heterocycles. The van der Waals surface area contributed by atoms with Crippen LogP contribution in [0.15, 0.2) is 53.9 Å². The highest BCUT2D eigenvalue weighted by Gasteiger charge is 2.24. The number of benzene rings is 1. The molecule has 0 fully saturated rings. The first-order chi connectivity index (χ1) is 7.21. The van der Waals surface area contributed by atoms with Gasteiger partial charge in [0.25, 0.3) is 0 Å². The molecule has 78 valence electrons. The minimum absolute atomic E-state index is 0.742. The lowest BCUT2D eigenvalue weighted by Crippen LogP contribution is -2.13. The van der Waals surface area contributed by atoms with Crippen molar-refractivity contribution in [2.75, 3.05) is 0 Å². The molecule has 0 aliphatic heterocycles. The molecule has 1 unspecified atom stereocenters.